The molecule has 0 saturated heterocycles. The Bertz CT molecular complexity index is 526. The molecule has 2 aromatic rings. The number of nitrogens with one attached hydrogen (secondary N) is 1. The van der Waals surface area contributed by atoms with Crippen LogP contribution in [0.25, 0.3) is 0 Å². The van der Waals surface area contributed by atoms with Gasteiger partial charge >= 0.3 is 0 Å². The highest BCUT2D eigenvalue weighted by atomic mass is 79.9. The normalized spacial score (nSPS) is 10.2. The number of hydrogen-bond donors (Lipinski definition) is 2. The molecule has 2 rings (SSSR count). The Morgan fingerprint density at radius 3 is 2.88 bits per heavy atom. The quantitative estimate of drug-likeness (QED) is 0.893. The van der Waals surface area contributed by atoms with Gasteiger partial charge in [0.15, 0.2) is 5.82 Å². The van der Waals surface area contributed by atoms with Crippen LogP contribution in [0.3, 0.4) is 0 Å². The zero-order valence-corrected chi connectivity index (χ0v) is 11.0. The third kappa shape index (κ3) is 3.05. The molecule has 1 amide bonds. The van der Waals surface area contributed by atoms with Crippen LogP contribution in [-0.2, 0) is 6.54 Å². The van der Waals surface area contributed by atoms with Gasteiger partial charge in [-0.1, -0.05) is 0 Å². The Hall–Kier alpha value is -1.38. The molecule has 17 heavy (non-hydrogen) atoms. The summed E-state index contributed by atoms with van der Waals surface area (Å²) in [7, 11) is 0. The summed E-state index contributed by atoms with van der Waals surface area (Å²) in [6.45, 7) is 0.329. The Balaban J connectivity index is 2.08. The first-order valence-corrected chi connectivity index (χ1v) is 6.29. The van der Waals surface area contributed by atoms with Crippen LogP contribution in [-0.4, -0.2) is 20.9 Å². The molecule has 0 unspecified atom stereocenters. The first-order valence-electron chi connectivity index (χ1n) is 4.62. The molecule has 0 aromatic carbocycles. The van der Waals surface area contributed by atoms with Crippen LogP contribution in [0.1, 0.15) is 15.5 Å². The summed E-state index contributed by atoms with van der Waals surface area (Å²) < 4.78 is 0.606. The number of halogens is 1. The maximum Gasteiger partial charge on any atom is 0.276 e. The van der Waals surface area contributed by atoms with Crippen LogP contribution >= 0.6 is 27.3 Å². The number of hydrogen-bond acceptors (Lipinski definition) is 6. The number of carbonyl (C=O) groups excluding carboxylic acids is 1. The van der Waals surface area contributed by atoms with Crippen LogP contribution in [0.2, 0.25) is 0 Å². The molecule has 3 N–H and O–H groups in total. The van der Waals surface area contributed by atoms with E-state index in [2.05, 4.69) is 36.2 Å². The zero-order valence-electron chi connectivity index (χ0n) is 8.55. The number of carbonyl (C=O) groups is 1. The molecule has 2 aromatic heterocycles. The Kier molecular flexibility index (Phi) is 3.77. The van der Waals surface area contributed by atoms with Crippen molar-refractivity contribution in [3.8, 4) is 0 Å². The summed E-state index contributed by atoms with van der Waals surface area (Å²) in [5, 5.41) is 4.97. The van der Waals surface area contributed by atoms with Gasteiger partial charge in [0.25, 0.3) is 5.91 Å². The molecular formula is C9H8BrN5OS. The summed E-state index contributed by atoms with van der Waals surface area (Å²) in [6, 6.07) is 0. The molecule has 0 radical (unpaired) electrons. The highest BCUT2D eigenvalue weighted by Gasteiger charge is 2.11. The second-order valence-electron chi connectivity index (χ2n) is 3.01. The van der Waals surface area contributed by atoms with E-state index in [1.807, 2.05) is 0 Å². The molecule has 0 bridgehead atoms. The van der Waals surface area contributed by atoms with Crippen molar-refractivity contribution in [2.75, 3.05) is 5.32 Å². The van der Waals surface area contributed by atoms with Crippen molar-refractivity contribution in [3.63, 3.8) is 0 Å². The van der Waals surface area contributed by atoms with Gasteiger partial charge in [-0.2, -0.15) is 0 Å². The number of thiazole rings is 1. The number of aromatic nitrogens is 3. The lowest BCUT2D eigenvalue weighted by molar-refractivity contribution is 0.102. The van der Waals surface area contributed by atoms with Crippen molar-refractivity contribution >= 4 is 39.0 Å². The fourth-order valence-corrected chi connectivity index (χ4v) is 1.93. The molecule has 2 heterocycles. The second kappa shape index (κ2) is 5.30. The van der Waals surface area contributed by atoms with E-state index >= 15 is 0 Å². The SMILES string of the molecule is NCc1nc(C(=O)Nc2cnc(Br)cn2)cs1. The molecular weight excluding hydrogens is 306 g/mol. The van der Waals surface area contributed by atoms with Gasteiger partial charge in [-0.05, 0) is 15.9 Å². The second-order valence-corrected chi connectivity index (χ2v) is 4.76. The summed E-state index contributed by atoms with van der Waals surface area (Å²) >= 11 is 4.51. The first kappa shape index (κ1) is 12.1. The largest absolute Gasteiger partial charge is 0.325 e. The molecule has 0 aliphatic heterocycles. The van der Waals surface area contributed by atoms with Crippen LogP contribution < -0.4 is 11.1 Å². The minimum atomic E-state index is -0.322. The van der Waals surface area contributed by atoms with E-state index in [9.17, 15) is 4.79 Å². The van der Waals surface area contributed by atoms with Crippen LogP contribution in [0.4, 0.5) is 5.82 Å². The third-order valence-corrected chi connectivity index (χ3v) is 3.10. The summed E-state index contributed by atoms with van der Waals surface area (Å²) in [4.78, 5) is 23.7. The standard InChI is InChI=1S/C9H8BrN5OS/c10-6-2-13-7(3-12-6)15-9(16)5-4-17-8(1-11)14-5/h2-4H,1,11H2,(H,13,15,16). The van der Waals surface area contributed by atoms with Crippen molar-refractivity contribution in [3.05, 3.63) is 33.1 Å². The molecule has 0 fully saturated rings. The average molecular weight is 314 g/mol. The molecule has 88 valence electrons. The summed E-state index contributed by atoms with van der Waals surface area (Å²) in [5.41, 5.74) is 5.75. The van der Waals surface area contributed by atoms with Gasteiger partial charge < -0.3 is 11.1 Å². The fourth-order valence-electron chi connectivity index (χ4n) is 1.07. The van der Waals surface area contributed by atoms with Gasteiger partial charge in [0, 0.05) is 11.9 Å². The minimum Gasteiger partial charge on any atom is -0.325 e. The Morgan fingerprint density at radius 1 is 1.47 bits per heavy atom. The highest BCUT2D eigenvalue weighted by Crippen LogP contribution is 2.11. The number of nitrogens with two attached hydrogens (primary N) is 1. The average Bonchev–Trinajstić information content (AvgIpc) is 2.81. The van der Waals surface area contributed by atoms with E-state index in [0.29, 0.717) is 22.7 Å². The molecule has 0 saturated carbocycles. The van der Waals surface area contributed by atoms with Crippen molar-refractivity contribution in [1.82, 2.24) is 15.0 Å². The smallest absolute Gasteiger partial charge is 0.276 e. The van der Waals surface area contributed by atoms with E-state index in [-0.39, 0.29) is 5.91 Å². The topological polar surface area (TPSA) is 93.8 Å². The number of anilines is 1. The van der Waals surface area contributed by atoms with E-state index < -0.39 is 0 Å². The van der Waals surface area contributed by atoms with Gasteiger partial charge in [0.2, 0.25) is 0 Å². The van der Waals surface area contributed by atoms with Crippen molar-refractivity contribution in [2.45, 2.75) is 6.54 Å². The zero-order chi connectivity index (χ0) is 12.3. The van der Waals surface area contributed by atoms with E-state index in [4.69, 9.17) is 5.73 Å². The first-order chi connectivity index (χ1) is 8.19. The minimum absolute atomic E-state index is 0.322. The van der Waals surface area contributed by atoms with Gasteiger partial charge in [0.05, 0.1) is 12.4 Å². The van der Waals surface area contributed by atoms with Crippen LogP contribution in [0, 0.1) is 0 Å². The summed E-state index contributed by atoms with van der Waals surface area (Å²) in [5.74, 6) is 0.0538. The predicted octanol–water partition coefficient (Wildman–Crippen LogP) is 1.41. The number of amides is 1. The van der Waals surface area contributed by atoms with Crippen molar-refractivity contribution in [1.29, 1.82) is 0 Å². The lowest BCUT2D eigenvalue weighted by Gasteiger charge is -2.00. The van der Waals surface area contributed by atoms with E-state index in [1.165, 1.54) is 23.7 Å². The van der Waals surface area contributed by atoms with Crippen LogP contribution in [0.15, 0.2) is 22.4 Å². The Labute approximate surface area is 109 Å². The van der Waals surface area contributed by atoms with Gasteiger partial charge in [0.1, 0.15) is 15.3 Å². The highest BCUT2D eigenvalue weighted by molar-refractivity contribution is 9.10. The van der Waals surface area contributed by atoms with Gasteiger partial charge in [-0.3, -0.25) is 4.79 Å². The van der Waals surface area contributed by atoms with E-state index in [0.717, 1.165) is 5.01 Å². The predicted molar refractivity (Wildman–Crippen MR) is 67.7 cm³/mol. The lowest BCUT2D eigenvalue weighted by atomic mass is 10.4. The number of nitrogens with zero attached hydrogens (tertiary/aromatic N) is 3. The summed E-state index contributed by atoms with van der Waals surface area (Å²) in [6.07, 6.45) is 2.96. The molecule has 0 aliphatic rings. The molecule has 8 heteroatoms. The maximum atomic E-state index is 11.7. The molecule has 0 aliphatic carbocycles. The monoisotopic (exact) mass is 313 g/mol. The van der Waals surface area contributed by atoms with E-state index in [1.54, 1.807) is 5.38 Å². The lowest BCUT2D eigenvalue weighted by Crippen LogP contribution is -2.13. The maximum absolute atomic E-state index is 11.7. The third-order valence-electron chi connectivity index (χ3n) is 1.82. The molecule has 0 spiro atoms. The fraction of sp³-hybridized carbons (Fsp3) is 0.111. The number of rotatable bonds is 3. The van der Waals surface area contributed by atoms with Crippen molar-refractivity contribution in [2.24, 2.45) is 5.73 Å². The Morgan fingerprint density at radius 2 is 2.29 bits per heavy atom. The van der Waals surface area contributed by atoms with Gasteiger partial charge in [-0.25, -0.2) is 15.0 Å². The molecule has 0 atom stereocenters. The van der Waals surface area contributed by atoms with Crippen LogP contribution in [0.5, 0.6) is 0 Å². The molecule has 6 nitrogen and oxygen atoms in total. The van der Waals surface area contributed by atoms with Crippen molar-refractivity contribution < 1.29 is 4.79 Å². The van der Waals surface area contributed by atoms with Gasteiger partial charge in [-0.15, -0.1) is 11.3 Å².